The Kier molecular flexibility index (Phi) is 4.12. The van der Waals surface area contributed by atoms with Crippen molar-refractivity contribution < 1.29 is 4.79 Å². The summed E-state index contributed by atoms with van der Waals surface area (Å²) in [6.07, 6.45) is 0. The summed E-state index contributed by atoms with van der Waals surface area (Å²) >= 11 is 0. The Bertz CT molecular complexity index is 860. The molecule has 0 bridgehead atoms. The summed E-state index contributed by atoms with van der Waals surface area (Å²) in [7, 11) is 0. The lowest BCUT2D eigenvalue weighted by Crippen LogP contribution is -2.05. The second-order valence-corrected chi connectivity index (χ2v) is 5.96. The Morgan fingerprint density at radius 1 is 0.696 bits per heavy atom. The predicted molar refractivity (Wildman–Crippen MR) is 96.0 cm³/mol. The highest BCUT2D eigenvalue weighted by Crippen LogP contribution is 2.24. The SMILES string of the molecule is Cc1ccc(C(=O)c2cccc(-c3ccccc3)c2)c(C)c1C. The van der Waals surface area contributed by atoms with Crippen LogP contribution in [0, 0.1) is 20.8 Å². The average molecular weight is 300 g/mol. The van der Waals surface area contributed by atoms with Crippen LogP contribution in [0.5, 0.6) is 0 Å². The topological polar surface area (TPSA) is 17.1 Å². The van der Waals surface area contributed by atoms with E-state index in [1.165, 1.54) is 11.1 Å². The first-order valence-electron chi connectivity index (χ1n) is 7.85. The zero-order chi connectivity index (χ0) is 16.4. The van der Waals surface area contributed by atoms with Gasteiger partial charge in [-0.25, -0.2) is 0 Å². The van der Waals surface area contributed by atoms with Gasteiger partial charge in [0.2, 0.25) is 0 Å². The van der Waals surface area contributed by atoms with Crippen LogP contribution >= 0.6 is 0 Å². The Labute approximate surface area is 137 Å². The van der Waals surface area contributed by atoms with Gasteiger partial charge in [0.05, 0.1) is 0 Å². The quantitative estimate of drug-likeness (QED) is 0.583. The van der Waals surface area contributed by atoms with E-state index in [2.05, 4.69) is 26.0 Å². The number of benzene rings is 3. The molecular weight excluding hydrogens is 280 g/mol. The first kappa shape index (κ1) is 15.2. The molecule has 1 nitrogen and oxygen atoms in total. The fourth-order valence-corrected chi connectivity index (χ4v) is 2.83. The van der Waals surface area contributed by atoms with Gasteiger partial charge in [-0.1, -0.05) is 60.7 Å². The number of hydrogen-bond acceptors (Lipinski definition) is 1. The van der Waals surface area contributed by atoms with Gasteiger partial charge in [-0.15, -0.1) is 0 Å². The van der Waals surface area contributed by atoms with Crippen LogP contribution in [0.4, 0.5) is 0 Å². The summed E-state index contributed by atoms with van der Waals surface area (Å²) in [6.45, 7) is 6.17. The molecule has 0 aromatic heterocycles. The zero-order valence-electron chi connectivity index (χ0n) is 13.8. The average Bonchev–Trinajstić information content (AvgIpc) is 2.60. The van der Waals surface area contributed by atoms with Gasteiger partial charge >= 0.3 is 0 Å². The van der Waals surface area contributed by atoms with Gasteiger partial charge in [0, 0.05) is 11.1 Å². The Morgan fingerprint density at radius 2 is 1.39 bits per heavy atom. The van der Waals surface area contributed by atoms with Crippen molar-refractivity contribution >= 4 is 5.78 Å². The molecule has 0 atom stereocenters. The molecule has 0 spiro atoms. The van der Waals surface area contributed by atoms with Crippen molar-refractivity contribution in [3.8, 4) is 11.1 Å². The molecule has 0 aliphatic rings. The summed E-state index contributed by atoms with van der Waals surface area (Å²) in [5, 5.41) is 0. The highest BCUT2D eigenvalue weighted by atomic mass is 16.1. The Balaban J connectivity index is 2.03. The van der Waals surface area contributed by atoms with E-state index < -0.39 is 0 Å². The molecule has 0 unspecified atom stereocenters. The molecule has 3 aromatic carbocycles. The summed E-state index contributed by atoms with van der Waals surface area (Å²) in [5.41, 5.74) is 7.19. The van der Waals surface area contributed by atoms with E-state index in [0.717, 1.165) is 27.8 Å². The summed E-state index contributed by atoms with van der Waals surface area (Å²) < 4.78 is 0. The fourth-order valence-electron chi connectivity index (χ4n) is 2.83. The van der Waals surface area contributed by atoms with Crippen molar-refractivity contribution in [2.45, 2.75) is 20.8 Å². The van der Waals surface area contributed by atoms with E-state index in [1.54, 1.807) is 0 Å². The molecule has 0 saturated heterocycles. The molecule has 0 fully saturated rings. The molecule has 23 heavy (non-hydrogen) atoms. The van der Waals surface area contributed by atoms with E-state index >= 15 is 0 Å². The normalized spacial score (nSPS) is 10.6. The Morgan fingerprint density at radius 3 is 2.13 bits per heavy atom. The second-order valence-electron chi connectivity index (χ2n) is 5.96. The monoisotopic (exact) mass is 300 g/mol. The third kappa shape index (κ3) is 2.95. The highest BCUT2D eigenvalue weighted by Gasteiger charge is 2.14. The van der Waals surface area contributed by atoms with Crippen molar-refractivity contribution in [3.05, 3.63) is 94.5 Å². The molecule has 0 N–H and O–H groups in total. The number of rotatable bonds is 3. The third-order valence-corrected chi connectivity index (χ3v) is 4.53. The molecule has 114 valence electrons. The minimum Gasteiger partial charge on any atom is -0.289 e. The largest absolute Gasteiger partial charge is 0.289 e. The van der Waals surface area contributed by atoms with Gasteiger partial charge < -0.3 is 0 Å². The summed E-state index contributed by atoms with van der Waals surface area (Å²) in [5.74, 6) is 0.0865. The van der Waals surface area contributed by atoms with Crippen LogP contribution in [-0.2, 0) is 0 Å². The van der Waals surface area contributed by atoms with Crippen molar-refractivity contribution in [3.63, 3.8) is 0 Å². The van der Waals surface area contributed by atoms with Crippen LogP contribution in [0.1, 0.15) is 32.6 Å². The Hall–Kier alpha value is -2.67. The molecule has 3 aromatic rings. The number of carbonyl (C=O) groups is 1. The molecule has 0 aliphatic carbocycles. The molecule has 3 rings (SSSR count). The van der Waals surface area contributed by atoms with Crippen LogP contribution in [0.25, 0.3) is 11.1 Å². The number of ketones is 1. The molecular formula is C22H20O. The van der Waals surface area contributed by atoms with Crippen molar-refractivity contribution in [1.29, 1.82) is 0 Å². The third-order valence-electron chi connectivity index (χ3n) is 4.53. The minimum atomic E-state index is 0.0865. The molecule has 0 aliphatic heterocycles. The highest BCUT2D eigenvalue weighted by molar-refractivity contribution is 6.10. The van der Waals surface area contributed by atoms with E-state index in [1.807, 2.05) is 61.5 Å². The standard InChI is InChI=1S/C22H20O/c1-15-12-13-21(17(3)16(15)2)22(23)20-11-7-10-19(14-20)18-8-5-4-6-9-18/h4-14H,1-3H3. The fraction of sp³-hybridized carbons (Fsp3) is 0.136. The van der Waals surface area contributed by atoms with Gasteiger partial charge in [0.1, 0.15) is 0 Å². The van der Waals surface area contributed by atoms with Crippen molar-refractivity contribution in [2.75, 3.05) is 0 Å². The van der Waals surface area contributed by atoms with Crippen LogP contribution in [0.2, 0.25) is 0 Å². The molecule has 0 amide bonds. The van der Waals surface area contributed by atoms with Gasteiger partial charge in [0.15, 0.2) is 5.78 Å². The van der Waals surface area contributed by atoms with E-state index in [4.69, 9.17) is 0 Å². The van der Waals surface area contributed by atoms with Crippen LogP contribution < -0.4 is 0 Å². The van der Waals surface area contributed by atoms with Crippen LogP contribution in [0.15, 0.2) is 66.7 Å². The zero-order valence-corrected chi connectivity index (χ0v) is 13.8. The molecule has 1 heteroatoms. The minimum absolute atomic E-state index is 0.0865. The summed E-state index contributed by atoms with van der Waals surface area (Å²) in [4.78, 5) is 12.9. The van der Waals surface area contributed by atoms with Gasteiger partial charge in [-0.2, -0.15) is 0 Å². The maximum Gasteiger partial charge on any atom is 0.193 e. The lowest BCUT2D eigenvalue weighted by molar-refractivity contribution is 0.103. The first-order valence-corrected chi connectivity index (χ1v) is 7.85. The molecule has 0 heterocycles. The number of hydrogen-bond donors (Lipinski definition) is 0. The lowest BCUT2D eigenvalue weighted by Gasteiger charge is -2.11. The van der Waals surface area contributed by atoms with Gasteiger partial charge in [-0.3, -0.25) is 4.79 Å². The smallest absolute Gasteiger partial charge is 0.193 e. The summed E-state index contributed by atoms with van der Waals surface area (Å²) in [6, 6.07) is 22.0. The van der Waals surface area contributed by atoms with Crippen molar-refractivity contribution in [1.82, 2.24) is 0 Å². The maximum atomic E-state index is 12.9. The molecule has 0 saturated carbocycles. The molecule has 0 radical (unpaired) electrons. The van der Waals surface area contributed by atoms with E-state index in [9.17, 15) is 4.79 Å². The van der Waals surface area contributed by atoms with Crippen molar-refractivity contribution in [2.24, 2.45) is 0 Å². The first-order chi connectivity index (χ1) is 11.1. The predicted octanol–water partition coefficient (Wildman–Crippen LogP) is 5.51. The number of carbonyl (C=O) groups excluding carboxylic acids is 1. The van der Waals surface area contributed by atoms with E-state index in [0.29, 0.717) is 0 Å². The van der Waals surface area contributed by atoms with Crippen LogP contribution in [0.3, 0.4) is 0 Å². The van der Waals surface area contributed by atoms with Gasteiger partial charge in [0.25, 0.3) is 0 Å². The van der Waals surface area contributed by atoms with E-state index in [-0.39, 0.29) is 5.78 Å². The number of aryl methyl sites for hydroxylation is 1. The lowest BCUT2D eigenvalue weighted by atomic mass is 9.92. The second kappa shape index (κ2) is 6.21. The van der Waals surface area contributed by atoms with Gasteiger partial charge in [-0.05, 0) is 54.7 Å². The van der Waals surface area contributed by atoms with Crippen LogP contribution in [-0.4, -0.2) is 5.78 Å². The maximum absolute atomic E-state index is 12.9.